The minimum atomic E-state index is -3.32. The summed E-state index contributed by atoms with van der Waals surface area (Å²) in [5.41, 5.74) is 2.07. The Morgan fingerprint density at radius 2 is 1.63 bits per heavy atom. The molecule has 0 radical (unpaired) electrons. The van der Waals surface area contributed by atoms with Gasteiger partial charge < -0.3 is 5.32 Å². The van der Waals surface area contributed by atoms with E-state index in [2.05, 4.69) is 5.32 Å². The first-order chi connectivity index (χ1) is 12.9. The molecule has 0 saturated carbocycles. The number of hydrogen-bond donors (Lipinski definition) is 1. The van der Waals surface area contributed by atoms with Gasteiger partial charge in [0.05, 0.1) is 11.4 Å². The zero-order valence-electron chi connectivity index (χ0n) is 15.3. The predicted molar refractivity (Wildman–Crippen MR) is 109 cm³/mol. The Morgan fingerprint density at radius 3 is 2.33 bits per heavy atom. The van der Waals surface area contributed by atoms with Gasteiger partial charge in [-0.3, -0.25) is 9.10 Å². The molecule has 0 heterocycles. The molecule has 3 aromatic carbocycles. The zero-order valence-corrected chi connectivity index (χ0v) is 16.2. The molecular formula is C21H22N2O3S. The van der Waals surface area contributed by atoms with E-state index in [4.69, 9.17) is 0 Å². The van der Waals surface area contributed by atoms with Crippen molar-refractivity contribution in [3.05, 3.63) is 77.9 Å². The fourth-order valence-corrected chi connectivity index (χ4v) is 3.73. The fourth-order valence-electron chi connectivity index (χ4n) is 2.90. The topological polar surface area (TPSA) is 66.5 Å². The summed E-state index contributed by atoms with van der Waals surface area (Å²) in [6.07, 6.45) is 0. The third-order valence-corrected chi connectivity index (χ3v) is 6.37. The molecule has 1 amide bonds. The third kappa shape index (κ3) is 4.11. The Bertz CT molecular complexity index is 1050. The number of nitrogens with one attached hydrogen (secondary N) is 1. The molecule has 3 rings (SSSR count). The number of carbonyl (C=O) groups excluding carboxylic acids is 1. The zero-order chi connectivity index (χ0) is 19.4. The Kier molecular flexibility index (Phi) is 5.46. The van der Waals surface area contributed by atoms with Crippen LogP contribution in [0.15, 0.2) is 66.7 Å². The van der Waals surface area contributed by atoms with Gasteiger partial charge in [-0.2, -0.15) is 0 Å². The summed E-state index contributed by atoms with van der Waals surface area (Å²) in [5.74, 6) is -0.174. The smallest absolute Gasteiger partial charge is 0.251 e. The molecule has 0 spiro atoms. The van der Waals surface area contributed by atoms with Crippen molar-refractivity contribution >= 4 is 32.4 Å². The summed E-state index contributed by atoms with van der Waals surface area (Å²) >= 11 is 0. The van der Waals surface area contributed by atoms with Crippen LogP contribution in [0.25, 0.3) is 10.8 Å². The average molecular weight is 382 g/mol. The van der Waals surface area contributed by atoms with Gasteiger partial charge in [0, 0.05) is 19.2 Å². The summed E-state index contributed by atoms with van der Waals surface area (Å²) in [6, 6.07) is 20.6. The van der Waals surface area contributed by atoms with E-state index in [9.17, 15) is 13.2 Å². The Hall–Kier alpha value is -2.86. The first-order valence-corrected chi connectivity index (χ1v) is 10.3. The van der Waals surface area contributed by atoms with E-state index in [-0.39, 0.29) is 11.7 Å². The number of sulfonamides is 1. The van der Waals surface area contributed by atoms with Crippen LogP contribution in [0.2, 0.25) is 0 Å². The van der Waals surface area contributed by atoms with Crippen LogP contribution in [-0.4, -0.2) is 27.1 Å². The molecule has 140 valence electrons. The van der Waals surface area contributed by atoms with Crippen LogP contribution in [0.5, 0.6) is 0 Å². The second kappa shape index (κ2) is 7.80. The highest BCUT2D eigenvalue weighted by Crippen LogP contribution is 2.19. The molecule has 0 fully saturated rings. The SMILES string of the molecule is CCS(=O)(=O)N(C)c1ccc(C(=O)NCc2cccc3ccccc23)cc1. The molecule has 0 atom stereocenters. The summed E-state index contributed by atoms with van der Waals surface area (Å²) in [7, 11) is -1.81. The van der Waals surface area contributed by atoms with E-state index in [1.807, 2.05) is 42.5 Å². The minimum Gasteiger partial charge on any atom is -0.348 e. The van der Waals surface area contributed by atoms with Crippen molar-refractivity contribution in [2.45, 2.75) is 13.5 Å². The molecule has 0 saturated heterocycles. The molecule has 0 aliphatic carbocycles. The number of benzene rings is 3. The van der Waals surface area contributed by atoms with Gasteiger partial charge >= 0.3 is 0 Å². The van der Waals surface area contributed by atoms with Crippen molar-refractivity contribution in [2.75, 3.05) is 17.1 Å². The second-order valence-electron chi connectivity index (χ2n) is 6.24. The van der Waals surface area contributed by atoms with Gasteiger partial charge in [-0.1, -0.05) is 42.5 Å². The standard InChI is InChI=1S/C21H22N2O3S/c1-3-27(25,26)23(2)19-13-11-17(12-14-19)21(24)22-15-18-9-6-8-16-7-4-5-10-20(16)18/h4-14H,3,15H2,1-2H3,(H,22,24). The van der Waals surface area contributed by atoms with Crippen LogP contribution in [0, 0.1) is 0 Å². The third-order valence-electron chi connectivity index (χ3n) is 4.59. The first-order valence-electron chi connectivity index (χ1n) is 8.74. The lowest BCUT2D eigenvalue weighted by Crippen LogP contribution is -2.28. The maximum absolute atomic E-state index is 12.4. The first kappa shape index (κ1) is 18.9. The average Bonchev–Trinajstić information content (AvgIpc) is 2.71. The molecule has 6 heteroatoms. The fraction of sp³-hybridized carbons (Fsp3) is 0.190. The van der Waals surface area contributed by atoms with Gasteiger partial charge in [0.15, 0.2) is 0 Å². The monoisotopic (exact) mass is 382 g/mol. The van der Waals surface area contributed by atoms with Crippen LogP contribution < -0.4 is 9.62 Å². The normalized spacial score (nSPS) is 11.3. The van der Waals surface area contributed by atoms with Gasteiger partial charge in [0.1, 0.15) is 0 Å². The Morgan fingerprint density at radius 1 is 0.963 bits per heavy atom. The lowest BCUT2D eigenvalue weighted by Gasteiger charge is -2.18. The largest absolute Gasteiger partial charge is 0.348 e. The number of hydrogen-bond acceptors (Lipinski definition) is 3. The number of rotatable bonds is 6. The van der Waals surface area contributed by atoms with Crippen molar-refractivity contribution in [1.82, 2.24) is 5.32 Å². The molecule has 0 aliphatic rings. The molecule has 0 bridgehead atoms. The van der Waals surface area contributed by atoms with Gasteiger partial charge in [-0.15, -0.1) is 0 Å². The van der Waals surface area contributed by atoms with Gasteiger partial charge in [0.2, 0.25) is 10.0 Å². The lowest BCUT2D eigenvalue weighted by atomic mass is 10.0. The lowest BCUT2D eigenvalue weighted by molar-refractivity contribution is 0.0951. The van der Waals surface area contributed by atoms with Crippen LogP contribution in [0.1, 0.15) is 22.8 Å². The van der Waals surface area contributed by atoms with Crippen LogP contribution in [0.4, 0.5) is 5.69 Å². The predicted octanol–water partition coefficient (Wildman–Crippen LogP) is 3.56. The summed E-state index contributed by atoms with van der Waals surface area (Å²) in [6.45, 7) is 2.02. The number of carbonyl (C=O) groups is 1. The van der Waals surface area contributed by atoms with E-state index in [1.165, 1.54) is 11.4 Å². The van der Waals surface area contributed by atoms with Crippen molar-refractivity contribution in [3.8, 4) is 0 Å². The maximum Gasteiger partial charge on any atom is 0.251 e. The number of amides is 1. The second-order valence-corrected chi connectivity index (χ2v) is 8.52. The summed E-state index contributed by atoms with van der Waals surface area (Å²) in [4.78, 5) is 12.4. The van der Waals surface area contributed by atoms with Crippen molar-refractivity contribution in [3.63, 3.8) is 0 Å². The molecule has 1 N–H and O–H groups in total. The summed E-state index contributed by atoms with van der Waals surface area (Å²) < 4.78 is 25.1. The van der Waals surface area contributed by atoms with Crippen LogP contribution >= 0.6 is 0 Å². The Balaban J connectivity index is 1.71. The van der Waals surface area contributed by atoms with E-state index in [0.717, 1.165) is 16.3 Å². The molecule has 3 aromatic rings. The van der Waals surface area contributed by atoms with Gasteiger partial charge in [-0.05, 0) is 47.5 Å². The van der Waals surface area contributed by atoms with Crippen LogP contribution in [-0.2, 0) is 16.6 Å². The highest BCUT2D eigenvalue weighted by Gasteiger charge is 2.16. The Labute approximate surface area is 159 Å². The van der Waals surface area contributed by atoms with E-state index < -0.39 is 10.0 Å². The quantitative estimate of drug-likeness (QED) is 0.709. The van der Waals surface area contributed by atoms with Crippen molar-refractivity contribution in [2.24, 2.45) is 0 Å². The van der Waals surface area contributed by atoms with Gasteiger partial charge in [-0.25, -0.2) is 8.42 Å². The van der Waals surface area contributed by atoms with E-state index in [1.54, 1.807) is 31.2 Å². The number of fused-ring (bicyclic) bond motifs is 1. The highest BCUT2D eigenvalue weighted by atomic mass is 32.2. The minimum absolute atomic E-state index is 0.0246. The van der Waals surface area contributed by atoms with Crippen LogP contribution in [0.3, 0.4) is 0 Å². The van der Waals surface area contributed by atoms with Crippen molar-refractivity contribution in [1.29, 1.82) is 0 Å². The molecule has 0 aliphatic heterocycles. The molecule has 0 aromatic heterocycles. The number of anilines is 1. The molecule has 27 heavy (non-hydrogen) atoms. The molecule has 5 nitrogen and oxygen atoms in total. The maximum atomic E-state index is 12.4. The van der Waals surface area contributed by atoms with Gasteiger partial charge in [0.25, 0.3) is 5.91 Å². The molecule has 0 unspecified atom stereocenters. The summed E-state index contributed by atoms with van der Waals surface area (Å²) in [5, 5.41) is 5.17. The van der Waals surface area contributed by atoms with E-state index in [0.29, 0.717) is 17.8 Å². The number of nitrogens with zero attached hydrogens (tertiary/aromatic N) is 1. The molecular weight excluding hydrogens is 360 g/mol. The van der Waals surface area contributed by atoms with E-state index >= 15 is 0 Å². The highest BCUT2D eigenvalue weighted by molar-refractivity contribution is 7.92. The van der Waals surface area contributed by atoms with Crippen molar-refractivity contribution < 1.29 is 13.2 Å².